The van der Waals surface area contributed by atoms with E-state index in [-0.39, 0.29) is 18.0 Å². The van der Waals surface area contributed by atoms with Gasteiger partial charge in [-0.15, -0.1) is 0 Å². The third-order valence-electron chi connectivity index (χ3n) is 5.06. The summed E-state index contributed by atoms with van der Waals surface area (Å²) >= 11 is 1.73. The van der Waals surface area contributed by atoms with Gasteiger partial charge in [-0.1, -0.05) is 0 Å². The van der Waals surface area contributed by atoms with Crippen molar-refractivity contribution in [3.8, 4) is 0 Å². The number of carbonyl (C=O) groups is 2. The molecule has 1 aromatic heterocycles. The molecule has 2 aliphatic heterocycles. The van der Waals surface area contributed by atoms with Gasteiger partial charge in [0.05, 0.1) is 6.54 Å². The van der Waals surface area contributed by atoms with Gasteiger partial charge in [0.1, 0.15) is 5.60 Å². The molecule has 0 saturated carbocycles. The zero-order valence-electron chi connectivity index (χ0n) is 17.1. The van der Waals surface area contributed by atoms with Crippen molar-refractivity contribution in [2.45, 2.75) is 45.4 Å². The number of amides is 2. The van der Waals surface area contributed by atoms with E-state index in [1.165, 1.54) is 5.56 Å². The standard InChI is InChI=1S/C20H32N4O3S/c1-20(2,3)27-19(26)21-17-4-6-23(13-17)14-18(25)24-9-7-22(8-10-24)12-16-5-11-28-15-16/h5,11,15,17H,4,6-10,12-14H2,1-3H3,(H,21,26). The number of hydrogen-bond acceptors (Lipinski definition) is 6. The van der Waals surface area contributed by atoms with Gasteiger partial charge in [-0.25, -0.2) is 4.79 Å². The van der Waals surface area contributed by atoms with Crippen LogP contribution in [-0.2, 0) is 16.1 Å². The van der Waals surface area contributed by atoms with E-state index in [4.69, 9.17) is 4.74 Å². The first-order valence-corrected chi connectivity index (χ1v) is 11.0. The monoisotopic (exact) mass is 408 g/mol. The van der Waals surface area contributed by atoms with Crippen molar-refractivity contribution >= 4 is 23.3 Å². The van der Waals surface area contributed by atoms with Gasteiger partial charge in [0.25, 0.3) is 0 Å². The molecule has 0 radical (unpaired) electrons. The SMILES string of the molecule is CC(C)(C)OC(=O)NC1CCN(CC(=O)N2CCN(Cc3ccsc3)CC2)C1. The summed E-state index contributed by atoms with van der Waals surface area (Å²) in [6, 6.07) is 2.21. The molecule has 7 nitrogen and oxygen atoms in total. The van der Waals surface area contributed by atoms with Crippen LogP contribution in [0, 0.1) is 0 Å². The molecule has 156 valence electrons. The summed E-state index contributed by atoms with van der Waals surface area (Å²) in [6.07, 6.45) is 0.466. The van der Waals surface area contributed by atoms with Crippen molar-refractivity contribution in [3.63, 3.8) is 0 Å². The number of carbonyl (C=O) groups excluding carboxylic acids is 2. The highest BCUT2D eigenvalue weighted by molar-refractivity contribution is 7.07. The Morgan fingerprint density at radius 3 is 2.57 bits per heavy atom. The number of hydrogen-bond donors (Lipinski definition) is 1. The summed E-state index contributed by atoms with van der Waals surface area (Å²) in [4.78, 5) is 31.1. The molecule has 3 heterocycles. The normalized spacial score (nSPS) is 21.7. The summed E-state index contributed by atoms with van der Waals surface area (Å²) in [5, 5.41) is 7.21. The lowest BCUT2D eigenvalue weighted by molar-refractivity contribution is -0.134. The highest BCUT2D eigenvalue weighted by Crippen LogP contribution is 2.14. The molecule has 0 spiro atoms. The number of likely N-dealkylation sites (tertiary alicyclic amines) is 1. The Kier molecular flexibility index (Phi) is 6.95. The van der Waals surface area contributed by atoms with Gasteiger partial charge in [0.15, 0.2) is 0 Å². The summed E-state index contributed by atoms with van der Waals surface area (Å²) < 4.78 is 5.31. The molecule has 0 aliphatic carbocycles. The molecule has 1 atom stereocenters. The highest BCUT2D eigenvalue weighted by Gasteiger charge is 2.29. The average molecular weight is 409 g/mol. The first-order chi connectivity index (χ1) is 13.3. The van der Waals surface area contributed by atoms with Crippen molar-refractivity contribution < 1.29 is 14.3 Å². The molecular formula is C20H32N4O3S. The number of nitrogens with one attached hydrogen (secondary N) is 1. The Hall–Kier alpha value is -1.64. The average Bonchev–Trinajstić information content (AvgIpc) is 3.26. The fourth-order valence-electron chi connectivity index (χ4n) is 3.66. The minimum Gasteiger partial charge on any atom is -0.444 e. The van der Waals surface area contributed by atoms with Crippen molar-refractivity contribution in [3.05, 3.63) is 22.4 Å². The molecule has 1 aromatic rings. The topological polar surface area (TPSA) is 65.1 Å². The number of alkyl carbamates (subject to hydrolysis) is 1. The van der Waals surface area contributed by atoms with Crippen molar-refractivity contribution in [1.29, 1.82) is 0 Å². The van der Waals surface area contributed by atoms with Gasteiger partial charge in [0, 0.05) is 51.9 Å². The van der Waals surface area contributed by atoms with E-state index in [0.29, 0.717) is 13.1 Å². The second-order valence-corrected chi connectivity index (χ2v) is 9.44. The quantitative estimate of drug-likeness (QED) is 0.807. The Labute approximate surface area is 171 Å². The maximum absolute atomic E-state index is 12.6. The number of ether oxygens (including phenoxy) is 1. The lowest BCUT2D eigenvalue weighted by Gasteiger charge is -2.35. The molecular weight excluding hydrogens is 376 g/mol. The summed E-state index contributed by atoms with van der Waals surface area (Å²) in [7, 11) is 0. The van der Waals surface area contributed by atoms with Gasteiger partial charge in [-0.2, -0.15) is 11.3 Å². The first-order valence-electron chi connectivity index (χ1n) is 10.0. The predicted molar refractivity (Wildman–Crippen MR) is 110 cm³/mol. The Morgan fingerprint density at radius 1 is 1.18 bits per heavy atom. The minimum atomic E-state index is -0.496. The zero-order chi connectivity index (χ0) is 20.1. The molecule has 8 heteroatoms. The summed E-state index contributed by atoms with van der Waals surface area (Å²) in [6.45, 7) is 11.9. The van der Waals surface area contributed by atoms with Gasteiger partial charge in [-0.3, -0.25) is 14.6 Å². The second-order valence-electron chi connectivity index (χ2n) is 8.66. The first kappa shape index (κ1) is 21.1. The van der Waals surface area contributed by atoms with E-state index >= 15 is 0 Å². The van der Waals surface area contributed by atoms with E-state index < -0.39 is 5.60 Å². The molecule has 2 amide bonds. The lowest BCUT2D eigenvalue weighted by Crippen LogP contribution is -2.51. The zero-order valence-corrected chi connectivity index (χ0v) is 18.0. The van der Waals surface area contributed by atoms with Crippen LogP contribution in [0.4, 0.5) is 4.79 Å². The van der Waals surface area contributed by atoms with E-state index in [1.807, 2.05) is 25.7 Å². The lowest BCUT2D eigenvalue weighted by atomic mass is 10.2. The molecule has 2 fully saturated rings. The van der Waals surface area contributed by atoms with Crippen LogP contribution in [0.2, 0.25) is 0 Å². The minimum absolute atomic E-state index is 0.0464. The maximum Gasteiger partial charge on any atom is 0.407 e. The van der Waals surface area contributed by atoms with Crippen LogP contribution in [0.25, 0.3) is 0 Å². The van der Waals surface area contributed by atoms with Crippen LogP contribution in [0.15, 0.2) is 16.8 Å². The second kappa shape index (κ2) is 9.24. The molecule has 2 saturated heterocycles. The van der Waals surface area contributed by atoms with Crippen LogP contribution in [-0.4, -0.2) is 84.2 Å². The van der Waals surface area contributed by atoms with Gasteiger partial charge in [-0.05, 0) is 49.6 Å². The largest absolute Gasteiger partial charge is 0.444 e. The molecule has 1 unspecified atom stereocenters. The van der Waals surface area contributed by atoms with E-state index in [0.717, 1.165) is 45.7 Å². The van der Waals surface area contributed by atoms with Gasteiger partial charge >= 0.3 is 6.09 Å². The van der Waals surface area contributed by atoms with Crippen LogP contribution in [0.3, 0.4) is 0 Å². The molecule has 1 N–H and O–H groups in total. The van der Waals surface area contributed by atoms with Crippen LogP contribution < -0.4 is 5.32 Å². The Balaban J connectivity index is 1.36. The van der Waals surface area contributed by atoms with E-state index in [9.17, 15) is 9.59 Å². The van der Waals surface area contributed by atoms with Crippen LogP contribution in [0.5, 0.6) is 0 Å². The number of thiophene rings is 1. The molecule has 3 rings (SSSR count). The predicted octanol–water partition coefficient (Wildman–Crippen LogP) is 1.99. The molecule has 0 bridgehead atoms. The number of piperazine rings is 1. The Bertz CT molecular complexity index is 651. The van der Waals surface area contributed by atoms with Crippen LogP contribution in [0.1, 0.15) is 32.8 Å². The highest BCUT2D eigenvalue weighted by atomic mass is 32.1. The van der Waals surface area contributed by atoms with Crippen molar-refractivity contribution in [1.82, 2.24) is 20.0 Å². The molecule has 2 aliphatic rings. The summed E-state index contributed by atoms with van der Waals surface area (Å²) in [5.41, 5.74) is 0.856. The fraction of sp³-hybridized carbons (Fsp3) is 0.700. The third kappa shape index (κ3) is 6.46. The van der Waals surface area contributed by atoms with Gasteiger partial charge < -0.3 is 15.0 Å². The van der Waals surface area contributed by atoms with E-state index in [1.54, 1.807) is 11.3 Å². The van der Waals surface area contributed by atoms with Gasteiger partial charge in [0.2, 0.25) is 5.91 Å². The smallest absolute Gasteiger partial charge is 0.407 e. The molecule has 0 aromatic carbocycles. The van der Waals surface area contributed by atoms with Crippen LogP contribution >= 0.6 is 11.3 Å². The maximum atomic E-state index is 12.6. The van der Waals surface area contributed by atoms with Crippen molar-refractivity contribution in [2.75, 3.05) is 45.8 Å². The third-order valence-corrected chi connectivity index (χ3v) is 5.80. The summed E-state index contributed by atoms with van der Waals surface area (Å²) in [5.74, 6) is 0.188. The Morgan fingerprint density at radius 2 is 1.93 bits per heavy atom. The van der Waals surface area contributed by atoms with Crippen molar-refractivity contribution in [2.24, 2.45) is 0 Å². The molecule has 28 heavy (non-hydrogen) atoms. The fourth-order valence-corrected chi connectivity index (χ4v) is 4.32. The number of rotatable bonds is 5. The number of nitrogens with zero attached hydrogens (tertiary/aromatic N) is 3. The van der Waals surface area contributed by atoms with E-state index in [2.05, 4.69) is 31.9 Å².